The summed E-state index contributed by atoms with van der Waals surface area (Å²) in [6.07, 6.45) is -0.0741. The van der Waals surface area contributed by atoms with Crippen LogP contribution in [0.15, 0.2) is 84.9 Å². The number of carbonyl (C=O) groups excluding carboxylic acids is 3. The van der Waals surface area contributed by atoms with Crippen molar-refractivity contribution in [2.75, 3.05) is 0 Å². The van der Waals surface area contributed by atoms with Crippen molar-refractivity contribution in [3.8, 4) is 0 Å². The van der Waals surface area contributed by atoms with Crippen molar-refractivity contribution in [3.63, 3.8) is 0 Å². The third kappa shape index (κ3) is 5.68. The van der Waals surface area contributed by atoms with Gasteiger partial charge in [0.25, 0.3) is 11.8 Å². The maximum Gasteiger partial charge on any atom is 0.269 e. The first-order chi connectivity index (χ1) is 14.5. The van der Waals surface area contributed by atoms with Crippen LogP contribution < -0.4 is 16.2 Å². The van der Waals surface area contributed by atoms with Crippen LogP contribution in [0.3, 0.4) is 0 Å². The molecule has 7 heteroatoms. The van der Waals surface area contributed by atoms with E-state index in [1.807, 2.05) is 30.3 Å². The molecule has 3 rings (SSSR count). The second kappa shape index (κ2) is 10.2. The Morgan fingerprint density at radius 3 is 2.00 bits per heavy atom. The van der Waals surface area contributed by atoms with E-state index in [1.54, 1.807) is 54.6 Å². The maximum atomic E-state index is 12.7. The van der Waals surface area contributed by atoms with Gasteiger partial charge < -0.3 is 5.32 Å². The van der Waals surface area contributed by atoms with Gasteiger partial charge in [-0.25, -0.2) is 0 Å². The summed E-state index contributed by atoms with van der Waals surface area (Å²) in [5.74, 6) is -1.27. The predicted octanol–water partition coefficient (Wildman–Crippen LogP) is 3.66. The molecule has 0 radical (unpaired) electrons. The highest BCUT2D eigenvalue weighted by molar-refractivity contribution is 6.33. The molecular weight excluding hydrogens is 402 g/mol. The normalized spacial score (nSPS) is 11.2. The highest BCUT2D eigenvalue weighted by Gasteiger charge is 2.20. The number of rotatable bonds is 6. The molecule has 3 N–H and O–H groups in total. The molecule has 0 saturated carbocycles. The average molecular weight is 422 g/mol. The van der Waals surface area contributed by atoms with Crippen molar-refractivity contribution in [2.45, 2.75) is 12.5 Å². The summed E-state index contributed by atoms with van der Waals surface area (Å²) in [5.41, 5.74) is 6.26. The quantitative estimate of drug-likeness (QED) is 0.531. The van der Waals surface area contributed by atoms with Crippen molar-refractivity contribution in [2.24, 2.45) is 0 Å². The van der Waals surface area contributed by atoms with E-state index < -0.39 is 23.8 Å². The first-order valence-electron chi connectivity index (χ1n) is 9.29. The van der Waals surface area contributed by atoms with Crippen molar-refractivity contribution in [1.29, 1.82) is 0 Å². The Kier molecular flexibility index (Phi) is 7.19. The first-order valence-corrected chi connectivity index (χ1v) is 9.67. The smallest absolute Gasteiger partial charge is 0.269 e. The molecule has 3 amide bonds. The number of halogens is 1. The van der Waals surface area contributed by atoms with Gasteiger partial charge in [-0.15, -0.1) is 0 Å². The minimum atomic E-state index is -0.608. The lowest BCUT2D eigenvalue weighted by atomic mass is 10.0. The second-order valence-corrected chi connectivity index (χ2v) is 6.90. The van der Waals surface area contributed by atoms with E-state index in [0.29, 0.717) is 16.1 Å². The van der Waals surface area contributed by atoms with Crippen LogP contribution >= 0.6 is 11.6 Å². The SMILES string of the molecule is O=C(CC(NC(=O)c1ccccc1Cl)c1ccccc1)NNC(=O)c1ccccc1. The van der Waals surface area contributed by atoms with E-state index in [-0.39, 0.29) is 6.42 Å². The largest absolute Gasteiger partial charge is 0.345 e. The van der Waals surface area contributed by atoms with Gasteiger partial charge in [0.2, 0.25) is 5.91 Å². The van der Waals surface area contributed by atoms with Crippen LogP contribution in [0.5, 0.6) is 0 Å². The van der Waals surface area contributed by atoms with Gasteiger partial charge in [-0.2, -0.15) is 0 Å². The Bertz CT molecular complexity index is 1030. The summed E-state index contributed by atoms with van der Waals surface area (Å²) in [6.45, 7) is 0. The van der Waals surface area contributed by atoms with Crippen molar-refractivity contribution >= 4 is 29.3 Å². The fraction of sp³-hybridized carbons (Fsp3) is 0.0870. The zero-order valence-corrected chi connectivity index (χ0v) is 16.7. The molecule has 0 aliphatic heterocycles. The van der Waals surface area contributed by atoms with Crippen LogP contribution in [0.1, 0.15) is 38.7 Å². The van der Waals surface area contributed by atoms with Gasteiger partial charge in [0.05, 0.1) is 23.0 Å². The number of hydrogen-bond acceptors (Lipinski definition) is 3. The van der Waals surface area contributed by atoms with E-state index in [9.17, 15) is 14.4 Å². The third-order valence-corrected chi connectivity index (χ3v) is 4.70. The maximum absolute atomic E-state index is 12.7. The van der Waals surface area contributed by atoms with Crippen molar-refractivity contribution in [1.82, 2.24) is 16.2 Å². The highest BCUT2D eigenvalue weighted by Crippen LogP contribution is 2.20. The molecule has 1 atom stereocenters. The van der Waals surface area contributed by atoms with Gasteiger partial charge in [-0.3, -0.25) is 25.2 Å². The van der Waals surface area contributed by atoms with Crippen LogP contribution in [-0.4, -0.2) is 17.7 Å². The van der Waals surface area contributed by atoms with Crippen LogP contribution in [0.4, 0.5) is 0 Å². The van der Waals surface area contributed by atoms with Gasteiger partial charge in [-0.05, 0) is 29.8 Å². The number of benzene rings is 3. The molecule has 0 aliphatic rings. The molecule has 1 unspecified atom stereocenters. The molecule has 152 valence electrons. The molecule has 0 spiro atoms. The van der Waals surface area contributed by atoms with Crippen molar-refractivity contribution < 1.29 is 14.4 Å². The fourth-order valence-corrected chi connectivity index (χ4v) is 3.07. The lowest BCUT2D eigenvalue weighted by Crippen LogP contribution is -2.43. The molecule has 3 aromatic carbocycles. The Morgan fingerprint density at radius 1 is 0.733 bits per heavy atom. The lowest BCUT2D eigenvalue weighted by molar-refractivity contribution is -0.122. The zero-order valence-electron chi connectivity index (χ0n) is 16.0. The number of amides is 3. The van der Waals surface area contributed by atoms with Gasteiger partial charge in [0.15, 0.2) is 0 Å². The van der Waals surface area contributed by atoms with Crippen LogP contribution in [0, 0.1) is 0 Å². The number of carbonyl (C=O) groups is 3. The number of hydrazine groups is 1. The minimum Gasteiger partial charge on any atom is -0.345 e. The Labute approximate surface area is 179 Å². The Hall–Kier alpha value is -3.64. The topological polar surface area (TPSA) is 87.3 Å². The van der Waals surface area contributed by atoms with E-state index in [2.05, 4.69) is 16.2 Å². The summed E-state index contributed by atoms with van der Waals surface area (Å²) in [6, 6.07) is 23.7. The number of nitrogens with one attached hydrogen (secondary N) is 3. The monoisotopic (exact) mass is 421 g/mol. The van der Waals surface area contributed by atoms with Crippen LogP contribution in [0.25, 0.3) is 0 Å². The molecule has 0 bridgehead atoms. The molecule has 0 aliphatic carbocycles. The first kappa shape index (κ1) is 21.1. The van der Waals surface area contributed by atoms with E-state index in [1.165, 1.54) is 0 Å². The molecule has 30 heavy (non-hydrogen) atoms. The van der Waals surface area contributed by atoms with Gasteiger partial charge in [0, 0.05) is 5.56 Å². The second-order valence-electron chi connectivity index (χ2n) is 6.49. The number of hydrogen-bond donors (Lipinski definition) is 3. The molecule has 0 saturated heterocycles. The summed E-state index contributed by atoms with van der Waals surface area (Å²) in [5, 5.41) is 3.16. The standard InChI is InChI=1S/C23H20ClN3O3/c24-19-14-8-7-13-18(19)23(30)25-20(16-9-3-1-4-10-16)15-21(28)26-27-22(29)17-11-5-2-6-12-17/h1-14,20H,15H2,(H,25,30)(H,26,28)(H,27,29). The average Bonchev–Trinajstić information content (AvgIpc) is 2.78. The van der Waals surface area contributed by atoms with Gasteiger partial charge in [-0.1, -0.05) is 72.3 Å². The van der Waals surface area contributed by atoms with E-state index >= 15 is 0 Å². The highest BCUT2D eigenvalue weighted by atomic mass is 35.5. The van der Waals surface area contributed by atoms with E-state index in [4.69, 9.17) is 11.6 Å². The van der Waals surface area contributed by atoms with E-state index in [0.717, 1.165) is 5.56 Å². The molecule has 0 fully saturated rings. The molecule has 3 aromatic rings. The summed E-state index contributed by atoms with van der Waals surface area (Å²) in [4.78, 5) is 37.2. The minimum absolute atomic E-state index is 0.0741. The summed E-state index contributed by atoms with van der Waals surface area (Å²) < 4.78 is 0. The van der Waals surface area contributed by atoms with Gasteiger partial charge >= 0.3 is 0 Å². The van der Waals surface area contributed by atoms with Gasteiger partial charge in [0.1, 0.15) is 0 Å². The summed E-state index contributed by atoms with van der Waals surface area (Å²) in [7, 11) is 0. The molecule has 0 heterocycles. The lowest BCUT2D eigenvalue weighted by Gasteiger charge is -2.19. The predicted molar refractivity (Wildman–Crippen MR) is 115 cm³/mol. The fourth-order valence-electron chi connectivity index (χ4n) is 2.84. The van der Waals surface area contributed by atoms with Crippen LogP contribution in [-0.2, 0) is 4.79 Å². The molecule has 6 nitrogen and oxygen atoms in total. The Morgan fingerprint density at radius 2 is 1.33 bits per heavy atom. The summed E-state index contributed by atoms with van der Waals surface area (Å²) >= 11 is 6.11. The van der Waals surface area contributed by atoms with Crippen molar-refractivity contribution in [3.05, 3.63) is 107 Å². The molecular formula is C23H20ClN3O3. The molecule has 0 aromatic heterocycles. The third-order valence-electron chi connectivity index (χ3n) is 4.37. The van der Waals surface area contributed by atoms with Crippen LogP contribution in [0.2, 0.25) is 5.02 Å². The Balaban J connectivity index is 1.67. The zero-order chi connectivity index (χ0) is 21.3.